The van der Waals surface area contributed by atoms with Crippen molar-refractivity contribution in [1.82, 2.24) is 0 Å². The summed E-state index contributed by atoms with van der Waals surface area (Å²) in [5.74, 6) is 0.276. The molecule has 1 aliphatic heterocycles. The van der Waals surface area contributed by atoms with Crippen molar-refractivity contribution in [2.24, 2.45) is 5.92 Å². The molecule has 70 valence electrons. The van der Waals surface area contributed by atoms with Crippen LogP contribution in [0.25, 0.3) is 0 Å². The third-order valence-electron chi connectivity index (χ3n) is 3.44. The second-order valence-corrected chi connectivity index (χ2v) is 4.59. The van der Waals surface area contributed by atoms with Crippen LogP contribution in [-0.2, 0) is 4.74 Å². The van der Waals surface area contributed by atoms with Crippen molar-refractivity contribution in [1.29, 1.82) is 0 Å². The molecule has 3 heteroatoms. The minimum Gasteiger partial charge on any atom is -0.391 e. The zero-order valence-corrected chi connectivity index (χ0v) is 8.21. The number of aliphatic hydroxyl groups is 1. The van der Waals surface area contributed by atoms with E-state index < -0.39 is 4.87 Å². The van der Waals surface area contributed by atoms with E-state index in [0.29, 0.717) is 6.42 Å². The molecule has 0 amide bonds. The SMILES string of the molecule is CCC1OC2CC(O)C2(Cl)C1C. The molecule has 2 fully saturated rings. The first-order chi connectivity index (χ1) is 5.60. The summed E-state index contributed by atoms with van der Waals surface area (Å²) in [5, 5.41) is 9.55. The van der Waals surface area contributed by atoms with E-state index in [-0.39, 0.29) is 24.2 Å². The van der Waals surface area contributed by atoms with E-state index in [0.717, 1.165) is 6.42 Å². The Morgan fingerprint density at radius 2 is 2.33 bits per heavy atom. The summed E-state index contributed by atoms with van der Waals surface area (Å²) < 4.78 is 5.70. The van der Waals surface area contributed by atoms with E-state index >= 15 is 0 Å². The molecule has 0 aromatic heterocycles. The van der Waals surface area contributed by atoms with Crippen molar-refractivity contribution in [2.45, 2.75) is 49.9 Å². The maximum absolute atomic E-state index is 9.55. The molecule has 0 radical (unpaired) electrons. The van der Waals surface area contributed by atoms with Gasteiger partial charge in [0.2, 0.25) is 0 Å². The molecule has 2 nitrogen and oxygen atoms in total. The molecule has 2 rings (SSSR count). The number of aliphatic hydroxyl groups excluding tert-OH is 1. The van der Waals surface area contributed by atoms with Crippen LogP contribution in [0.15, 0.2) is 0 Å². The number of alkyl halides is 1. The Balaban J connectivity index is 2.17. The fourth-order valence-electron chi connectivity index (χ4n) is 2.44. The van der Waals surface area contributed by atoms with Gasteiger partial charge in [-0.2, -0.15) is 0 Å². The van der Waals surface area contributed by atoms with Crippen molar-refractivity contribution in [3.63, 3.8) is 0 Å². The molecule has 1 saturated carbocycles. The van der Waals surface area contributed by atoms with Crippen LogP contribution in [0.3, 0.4) is 0 Å². The molecular weight excluding hydrogens is 176 g/mol. The highest BCUT2D eigenvalue weighted by molar-refractivity contribution is 6.26. The quantitative estimate of drug-likeness (QED) is 0.636. The van der Waals surface area contributed by atoms with Crippen LogP contribution in [0.2, 0.25) is 0 Å². The molecule has 1 heterocycles. The lowest BCUT2D eigenvalue weighted by Crippen LogP contribution is -2.59. The highest BCUT2D eigenvalue weighted by atomic mass is 35.5. The Hall–Kier alpha value is 0.210. The average molecular weight is 191 g/mol. The molecule has 5 unspecified atom stereocenters. The molecule has 1 aliphatic carbocycles. The van der Waals surface area contributed by atoms with E-state index in [4.69, 9.17) is 16.3 Å². The topological polar surface area (TPSA) is 29.5 Å². The van der Waals surface area contributed by atoms with Gasteiger partial charge in [0.25, 0.3) is 0 Å². The first-order valence-electron chi connectivity index (χ1n) is 4.63. The molecule has 1 saturated heterocycles. The van der Waals surface area contributed by atoms with Crippen LogP contribution < -0.4 is 0 Å². The van der Waals surface area contributed by atoms with Gasteiger partial charge in [-0.05, 0) is 6.42 Å². The highest BCUT2D eigenvalue weighted by Crippen LogP contribution is 2.54. The van der Waals surface area contributed by atoms with Gasteiger partial charge in [-0.1, -0.05) is 13.8 Å². The minimum absolute atomic E-state index is 0.0918. The Morgan fingerprint density at radius 1 is 1.67 bits per heavy atom. The van der Waals surface area contributed by atoms with E-state index in [1.165, 1.54) is 0 Å². The highest BCUT2D eigenvalue weighted by Gasteiger charge is 2.64. The molecule has 0 aromatic carbocycles. The molecule has 0 bridgehead atoms. The normalized spacial score (nSPS) is 58.0. The monoisotopic (exact) mass is 190 g/mol. The zero-order chi connectivity index (χ0) is 8.93. The molecule has 1 N–H and O–H groups in total. The average Bonchev–Trinajstić information content (AvgIpc) is 2.26. The molecule has 2 aliphatic rings. The minimum atomic E-state index is -0.472. The number of hydrogen-bond acceptors (Lipinski definition) is 2. The lowest BCUT2D eigenvalue weighted by molar-refractivity contribution is -0.0690. The van der Waals surface area contributed by atoms with Crippen LogP contribution in [0, 0.1) is 5.92 Å². The van der Waals surface area contributed by atoms with Crippen LogP contribution in [0.5, 0.6) is 0 Å². The first kappa shape index (κ1) is 8.79. The summed E-state index contributed by atoms with van der Waals surface area (Å²) in [6.45, 7) is 4.17. The third kappa shape index (κ3) is 0.835. The Labute approximate surface area is 77.9 Å². The van der Waals surface area contributed by atoms with E-state index in [1.807, 2.05) is 0 Å². The Morgan fingerprint density at radius 3 is 2.75 bits per heavy atom. The zero-order valence-electron chi connectivity index (χ0n) is 7.46. The maximum Gasteiger partial charge on any atom is 0.102 e. The van der Waals surface area contributed by atoms with Crippen LogP contribution >= 0.6 is 11.6 Å². The summed E-state index contributed by atoms with van der Waals surface area (Å²) in [4.78, 5) is -0.472. The molecule has 0 aromatic rings. The van der Waals surface area contributed by atoms with Gasteiger partial charge in [0.15, 0.2) is 0 Å². The van der Waals surface area contributed by atoms with Gasteiger partial charge in [0.05, 0.1) is 18.3 Å². The van der Waals surface area contributed by atoms with Crippen LogP contribution in [0.4, 0.5) is 0 Å². The molecular formula is C9H15ClO2. The fourth-order valence-corrected chi connectivity index (χ4v) is 2.81. The molecule has 5 atom stereocenters. The maximum atomic E-state index is 9.55. The second-order valence-electron chi connectivity index (χ2n) is 3.94. The fraction of sp³-hybridized carbons (Fsp3) is 1.00. The van der Waals surface area contributed by atoms with Gasteiger partial charge in [-0.25, -0.2) is 0 Å². The Kier molecular flexibility index (Phi) is 1.90. The number of hydrogen-bond donors (Lipinski definition) is 1. The summed E-state index contributed by atoms with van der Waals surface area (Å²) >= 11 is 6.30. The molecule has 12 heavy (non-hydrogen) atoms. The predicted molar refractivity (Wildman–Crippen MR) is 47.3 cm³/mol. The van der Waals surface area contributed by atoms with E-state index in [1.54, 1.807) is 0 Å². The number of rotatable bonds is 1. The predicted octanol–water partition coefficient (Wildman–Crippen LogP) is 1.54. The van der Waals surface area contributed by atoms with Crippen molar-refractivity contribution in [2.75, 3.05) is 0 Å². The van der Waals surface area contributed by atoms with Gasteiger partial charge in [0.1, 0.15) is 4.87 Å². The number of ether oxygens (including phenoxy) is 1. The van der Waals surface area contributed by atoms with Gasteiger partial charge >= 0.3 is 0 Å². The van der Waals surface area contributed by atoms with Gasteiger partial charge in [-0.3, -0.25) is 0 Å². The lowest BCUT2D eigenvalue weighted by Gasteiger charge is -2.45. The summed E-state index contributed by atoms with van der Waals surface area (Å²) in [7, 11) is 0. The standard InChI is InChI=1S/C9H15ClO2/c1-3-6-5(2)9(10)7(11)4-8(9)12-6/h5-8,11H,3-4H2,1-2H3. The van der Waals surface area contributed by atoms with Gasteiger partial charge < -0.3 is 9.84 Å². The number of fused-ring (bicyclic) bond motifs is 1. The second kappa shape index (κ2) is 2.60. The summed E-state index contributed by atoms with van der Waals surface area (Å²) in [6, 6.07) is 0. The van der Waals surface area contributed by atoms with Crippen molar-refractivity contribution in [3.8, 4) is 0 Å². The largest absolute Gasteiger partial charge is 0.391 e. The summed E-state index contributed by atoms with van der Waals surface area (Å²) in [5.41, 5.74) is 0. The smallest absolute Gasteiger partial charge is 0.102 e. The van der Waals surface area contributed by atoms with E-state index in [9.17, 15) is 5.11 Å². The lowest BCUT2D eigenvalue weighted by atomic mass is 9.71. The Bertz CT molecular complexity index is 197. The van der Waals surface area contributed by atoms with E-state index in [2.05, 4.69) is 13.8 Å². The third-order valence-corrected chi connectivity index (χ3v) is 4.28. The van der Waals surface area contributed by atoms with Gasteiger partial charge in [-0.15, -0.1) is 11.6 Å². The molecule has 0 spiro atoms. The van der Waals surface area contributed by atoms with Crippen LogP contribution in [-0.4, -0.2) is 28.3 Å². The van der Waals surface area contributed by atoms with Crippen molar-refractivity contribution >= 4 is 11.6 Å². The summed E-state index contributed by atoms with van der Waals surface area (Å²) in [6.07, 6.45) is 1.66. The van der Waals surface area contributed by atoms with Crippen molar-refractivity contribution in [3.05, 3.63) is 0 Å². The first-order valence-corrected chi connectivity index (χ1v) is 5.01. The van der Waals surface area contributed by atoms with Crippen molar-refractivity contribution < 1.29 is 9.84 Å². The number of halogens is 1. The van der Waals surface area contributed by atoms with Crippen LogP contribution in [0.1, 0.15) is 26.7 Å². The van der Waals surface area contributed by atoms with Gasteiger partial charge in [0, 0.05) is 12.3 Å².